The molecule has 0 saturated heterocycles. The lowest BCUT2D eigenvalue weighted by Gasteiger charge is -2.33. The molecule has 0 radical (unpaired) electrons. The van der Waals surface area contributed by atoms with Crippen LogP contribution in [0.2, 0.25) is 0 Å². The average molecular weight is 558 g/mol. The zero-order valence-electron chi connectivity index (χ0n) is 21.7. The van der Waals surface area contributed by atoms with Gasteiger partial charge >= 0.3 is 6.18 Å². The monoisotopic (exact) mass is 557 g/mol. The molecular formula is C26H27F4N9O. The van der Waals surface area contributed by atoms with Gasteiger partial charge in [-0.2, -0.15) is 18.4 Å². The summed E-state index contributed by atoms with van der Waals surface area (Å²) in [6, 6.07) is 6.43. The summed E-state index contributed by atoms with van der Waals surface area (Å²) < 4.78 is 60.6. The van der Waals surface area contributed by atoms with Gasteiger partial charge in [0, 0.05) is 36.3 Å². The minimum atomic E-state index is -4.65. The first-order valence-electron chi connectivity index (χ1n) is 12.1. The quantitative estimate of drug-likeness (QED) is 0.212. The first-order valence-corrected chi connectivity index (χ1v) is 12.1. The molecule has 4 rings (SSSR count). The SMILES string of the molecule is CC(C)(COc1ncc(Nc2ncnc3c2CCN(c2ccc(C#N)c(C(F)(F)F)c2)C3)cc1F)N(N)/C=C\N. The van der Waals surface area contributed by atoms with Crippen molar-refractivity contribution >= 4 is 17.2 Å². The van der Waals surface area contributed by atoms with E-state index in [0.29, 0.717) is 35.9 Å². The van der Waals surface area contributed by atoms with E-state index in [0.717, 1.165) is 11.6 Å². The van der Waals surface area contributed by atoms with Crippen molar-refractivity contribution in [3.63, 3.8) is 0 Å². The highest BCUT2D eigenvalue weighted by Crippen LogP contribution is 2.36. The fourth-order valence-corrected chi connectivity index (χ4v) is 4.09. The number of ether oxygens (including phenoxy) is 1. The summed E-state index contributed by atoms with van der Waals surface area (Å²) in [7, 11) is 0. The van der Waals surface area contributed by atoms with Crippen molar-refractivity contribution in [1.29, 1.82) is 5.26 Å². The van der Waals surface area contributed by atoms with Crippen molar-refractivity contribution in [3.05, 3.63) is 77.4 Å². The Kier molecular flexibility index (Phi) is 7.96. The molecule has 0 saturated carbocycles. The van der Waals surface area contributed by atoms with Gasteiger partial charge in [0.25, 0.3) is 5.88 Å². The molecule has 0 amide bonds. The summed E-state index contributed by atoms with van der Waals surface area (Å²) in [5.41, 5.74) is 5.25. The van der Waals surface area contributed by atoms with Gasteiger partial charge in [-0.15, -0.1) is 0 Å². The maximum Gasteiger partial charge on any atom is 0.417 e. The number of anilines is 3. The van der Waals surface area contributed by atoms with Crippen LogP contribution in [0.25, 0.3) is 0 Å². The van der Waals surface area contributed by atoms with Gasteiger partial charge in [0.05, 0.1) is 46.9 Å². The number of halogens is 4. The lowest BCUT2D eigenvalue weighted by atomic mass is 10.0. The fraction of sp³-hybridized carbons (Fsp3) is 0.308. The number of rotatable bonds is 8. The second-order valence-corrected chi connectivity index (χ2v) is 9.64. The molecule has 3 heterocycles. The third-order valence-corrected chi connectivity index (χ3v) is 6.38. The minimum absolute atomic E-state index is 0.0319. The summed E-state index contributed by atoms with van der Waals surface area (Å²) in [5, 5.41) is 13.4. The topological polar surface area (TPSA) is 142 Å². The van der Waals surface area contributed by atoms with Crippen LogP contribution in [0.3, 0.4) is 0 Å². The molecular weight excluding hydrogens is 530 g/mol. The van der Waals surface area contributed by atoms with Crippen molar-refractivity contribution in [2.75, 3.05) is 23.4 Å². The molecule has 1 aromatic carbocycles. The summed E-state index contributed by atoms with van der Waals surface area (Å²) in [6.07, 6.45) is 1.22. The van der Waals surface area contributed by atoms with E-state index in [1.54, 1.807) is 24.8 Å². The molecule has 1 aliphatic heterocycles. The number of fused-ring (bicyclic) bond motifs is 1. The third kappa shape index (κ3) is 6.15. The van der Waals surface area contributed by atoms with Crippen LogP contribution in [0.1, 0.15) is 36.2 Å². The number of nitrogens with one attached hydrogen (secondary N) is 1. The van der Waals surface area contributed by atoms with E-state index in [9.17, 15) is 17.6 Å². The summed E-state index contributed by atoms with van der Waals surface area (Å²) in [5.74, 6) is 5.43. The van der Waals surface area contributed by atoms with Crippen molar-refractivity contribution < 1.29 is 22.3 Å². The Morgan fingerprint density at radius 2 is 2.00 bits per heavy atom. The Balaban J connectivity index is 1.48. The van der Waals surface area contributed by atoms with E-state index in [1.807, 2.05) is 0 Å². The smallest absolute Gasteiger partial charge is 0.417 e. The number of nitrogens with zero attached hydrogens (tertiary/aromatic N) is 6. The number of aromatic nitrogens is 3. The number of hydrogen-bond donors (Lipinski definition) is 3. The zero-order chi connectivity index (χ0) is 29.1. The standard InChI is InChI=1S/C26H27F4N9O/c1-25(2,39(33)8-6-31)14-40-24-21(27)9-17(12-34-24)37-23-19-5-7-38(13-22(19)35-15-36-23)18-4-3-16(11-32)20(10-18)26(28,29)30/h3-4,6,8-10,12,15H,5,7,13-14,31,33H2,1-2H3,(H,35,36,37)/b8-6-. The number of nitriles is 1. The van der Waals surface area contributed by atoms with Crippen LogP contribution in [0.15, 0.2) is 49.2 Å². The first-order chi connectivity index (χ1) is 18.9. The number of nitrogens with two attached hydrogens (primary N) is 2. The van der Waals surface area contributed by atoms with Gasteiger partial charge in [-0.1, -0.05) is 0 Å². The van der Waals surface area contributed by atoms with E-state index in [2.05, 4.69) is 20.3 Å². The Hall–Kier alpha value is -4.64. The number of pyridine rings is 1. The molecule has 0 spiro atoms. The molecule has 0 atom stereocenters. The van der Waals surface area contributed by atoms with Crippen LogP contribution < -0.4 is 26.5 Å². The Morgan fingerprint density at radius 3 is 2.67 bits per heavy atom. The van der Waals surface area contributed by atoms with Crippen LogP contribution in [0.4, 0.5) is 34.8 Å². The van der Waals surface area contributed by atoms with E-state index >= 15 is 0 Å². The molecule has 14 heteroatoms. The second-order valence-electron chi connectivity index (χ2n) is 9.64. The number of hydrazine groups is 1. The predicted molar refractivity (Wildman–Crippen MR) is 139 cm³/mol. The molecule has 0 bridgehead atoms. The average Bonchev–Trinajstić information content (AvgIpc) is 2.91. The van der Waals surface area contributed by atoms with Gasteiger partial charge < -0.3 is 25.7 Å². The maximum absolute atomic E-state index is 14.8. The van der Waals surface area contributed by atoms with E-state index < -0.39 is 28.7 Å². The number of hydrogen-bond acceptors (Lipinski definition) is 10. The van der Waals surface area contributed by atoms with E-state index in [-0.39, 0.29) is 19.0 Å². The third-order valence-electron chi connectivity index (χ3n) is 6.38. The Labute approximate surface area is 227 Å². The van der Waals surface area contributed by atoms with Gasteiger partial charge in [-0.3, -0.25) is 0 Å². The maximum atomic E-state index is 14.8. The van der Waals surface area contributed by atoms with Crippen LogP contribution in [0.5, 0.6) is 5.88 Å². The van der Waals surface area contributed by atoms with E-state index in [4.69, 9.17) is 21.6 Å². The molecule has 210 valence electrons. The highest BCUT2D eigenvalue weighted by atomic mass is 19.4. The van der Waals surface area contributed by atoms with Crippen LogP contribution in [-0.4, -0.2) is 38.7 Å². The molecule has 0 fully saturated rings. The molecule has 5 N–H and O–H groups in total. The highest BCUT2D eigenvalue weighted by Gasteiger charge is 2.34. The van der Waals surface area contributed by atoms with Gasteiger partial charge in [0.2, 0.25) is 0 Å². The summed E-state index contributed by atoms with van der Waals surface area (Å²) in [6.45, 7) is 4.21. The lowest BCUT2D eigenvalue weighted by molar-refractivity contribution is -0.137. The molecule has 0 aliphatic carbocycles. The summed E-state index contributed by atoms with van der Waals surface area (Å²) >= 11 is 0. The molecule has 3 aromatic rings. The Bertz CT molecular complexity index is 1450. The molecule has 1 aliphatic rings. The Morgan fingerprint density at radius 1 is 1.23 bits per heavy atom. The van der Waals surface area contributed by atoms with Gasteiger partial charge in [0.1, 0.15) is 18.8 Å². The van der Waals surface area contributed by atoms with Gasteiger partial charge in [-0.05, 0) is 38.5 Å². The van der Waals surface area contributed by atoms with Crippen molar-refractivity contribution in [2.24, 2.45) is 11.6 Å². The highest BCUT2D eigenvalue weighted by molar-refractivity contribution is 5.62. The molecule has 2 aromatic heterocycles. The largest absolute Gasteiger partial charge is 0.473 e. The van der Waals surface area contributed by atoms with E-state index in [1.165, 1.54) is 48.1 Å². The molecule has 40 heavy (non-hydrogen) atoms. The normalized spacial score (nSPS) is 13.6. The van der Waals surface area contributed by atoms with Crippen molar-refractivity contribution in [1.82, 2.24) is 20.0 Å². The van der Waals surface area contributed by atoms with Crippen molar-refractivity contribution in [3.8, 4) is 11.9 Å². The number of alkyl halides is 3. The molecule has 0 unspecified atom stereocenters. The second kappa shape index (κ2) is 11.2. The van der Waals surface area contributed by atoms with Gasteiger partial charge in [0.15, 0.2) is 5.82 Å². The lowest BCUT2D eigenvalue weighted by Crippen LogP contribution is -2.49. The van der Waals surface area contributed by atoms with Crippen molar-refractivity contribution in [2.45, 2.75) is 38.5 Å². The van der Waals surface area contributed by atoms with Crippen LogP contribution >= 0.6 is 0 Å². The summed E-state index contributed by atoms with van der Waals surface area (Å²) in [4.78, 5) is 14.4. The predicted octanol–water partition coefficient (Wildman–Crippen LogP) is 3.97. The van der Waals surface area contributed by atoms with Gasteiger partial charge in [-0.25, -0.2) is 25.2 Å². The first kappa shape index (κ1) is 28.4. The molecule has 10 nitrogen and oxygen atoms in total. The van der Waals surface area contributed by atoms with Crippen LogP contribution in [0, 0.1) is 17.1 Å². The number of benzene rings is 1. The zero-order valence-corrected chi connectivity index (χ0v) is 21.7. The fourth-order valence-electron chi connectivity index (χ4n) is 4.09. The minimum Gasteiger partial charge on any atom is -0.473 e. The van der Waals surface area contributed by atoms with Crippen LogP contribution in [-0.2, 0) is 19.1 Å².